The van der Waals surface area contributed by atoms with Crippen LogP contribution in [0.5, 0.6) is 11.8 Å². The van der Waals surface area contributed by atoms with Gasteiger partial charge in [0.05, 0.1) is 30.9 Å². The molecule has 2 aromatic carbocycles. The molecule has 2 aliphatic rings. The summed E-state index contributed by atoms with van der Waals surface area (Å²) in [6.07, 6.45) is -0.399. The van der Waals surface area contributed by atoms with E-state index in [-0.39, 0.29) is 40.0 Å². The van der Waals surface area contributed by atoms with Gasteiger partial charge in [-0.25, -0.2) is 13.6 Å². The number of benzene rings is 2. The van der Waals surface area contributed by atoms with Gasteiger partial charge in [0.2, 0.25) is 0 Å². The lowest BCUT2D eigenvalue weighted by molar-refractivity contribution is 0.0240. The van der Waals surface area contributed by atoms with E-state index in [1.165, 1.54) is 31.4 Å². The number of nitrogens with zero attached hydrogens (tertiary/aromatic N) is 5. The van der Waals surface area contributed by atoms with Crippen molar-refractivity contribution in [1.29, 1.82) is 0 Å². The van der Waals surface area contributed by atoms with Gasteiger partial charge in [-0.1, -0.05) is 17.7 Å². The van der Waals surface area contributed by atoms with E-state index in [0.717, 1.165) is 13.1 Å². The second-order valence-electron chi connectivity index (χ2n) is 11.3. The number of hydrogen-bond acceptors (Lipinski definition) is 9. The second kappa shape index (κ2) is 13.0. The summed E-state index contributed by atoms with van der Waals surface area (Å²) in [6, 6.07) is 5.75. The molecular weight excluding hydrogens is 584 g/mol. The molecule has 13 heteroatoms. The zero-order valence-electron chi connectivity index (χ0n) is 24.8. The topological polar surface area (TPSA) is 89.5 Å². The zero-order valence-corrected chi connectivity index (χ0v) is 25.5. The van der Waals surface area contributed by atoms with Crippen LogP contribution in [0.1, 0.15) is 20.8 Å². The summed E-state index contributed by atoms with van der Waals surface area (Å²) in [5.74, 6) is -0.966. The van der Waals surface area contributed by atoms with E-state index < -0.39 is 23.3 Å². The summed E-state index contributed by atoms with van der Waals surface area (Å²) in [5.41, 5.74) is -0.944. The first kappa shape index (κ1) is 31.0. The number of piperazine rings is 1. The number of methoxy groups -OCH3 is 1. The van der Waals surface area contributed by atoms with E-state index in [4.69, 9.17) is 30.5 Å². The largest absolute Gasteiger partial charge is 0.496 e. The number of amides is 1. The van der Waals surface area contributed by atoms with Crippen LogP contribution in [0, 0.1) is 11.6 Å². The summed E-state index contributed by atoms with van der Waals surface area (Å²) in [4.78, 5) is 27.5. The van der Waals surface area contributed by atoms with E-state index in [1.54, 1.807) is 4.90 Å². The zero-order chi connectivity index (χ0) is 30.7. The number of halogens is 3. The highest BCUT2D eigenvalue weighted by atomic mass is 35.5. The third-order valence-electron chi connectivity index (χ3n) is 7.26. The standard InChI is InChI=1S/C30H36ClF2N5O5/c1-30(2,3)43-29(39)38-10-8-37(9-11-38)27-19-18-20(31)23(24-21(32)6-5-7-22(24)40-4)25(33)26(19)34-28(35-27)42-17-14-36-12-15-41-16-13-36/h5-7,18H,8-17H2,1-4H3. The number of hydrogen-bond donors (Lipinski definition) is 0. The van der Waals surface area contributed by atoms with Crippen molar-refractivity contribution in [3.8, 4) is 22.9 Å². The number of rotatable bonds is 7. The average molecular weight is 620 g/mol. The maximum atomic E-state index is 16.4. The molecule has 3 heterocycles. The molecule has 1 aromatic heterocycles. The summed E-state index contributed by atoms with van der Waals surface area (Å²) >= 11 is 6.64. The van der Waals surface area contributed by atoms with Gasteiger partial charge in [-0.15, -0.1) is 0 Å². The Morgan fingerprint density at radius 3 is 2.44 bits per heavy atom. The monoisotopic (exact) mass is 619 g/mol. The maximum absolute atomic E-state index is 16.4. The van der Waals surface area contributed by atoms with Gasteiger partial charge in [-0.3, -0.25) is 4.90 Å². The normalized spacial score (nSPS) is 16.4. The minimum atomic E-state index is -0.819. The maximum Gasteiger partial charge on any atom is 0.410 e. The summed E-state index contributed by atoms with van der Waals surface area (Å²) in [7, 11) is 1.38. The van der Waals surface area contributed by atoms with Gasteiger partial charge in [-0.05, 0) is 39.0 Å². The first-order valence-electron chi connectivity index (χ1n) is 14.2. The molecular formula is C30H36ClF2N5O5. The molecule has 0 unspecified atom stereocenters. The van der Waals surface area contributed by atoms with Crippen LogP contribution < -0.4 is 14.4 Å². The van der Waals surface area contributed by atoms with E-state index in [1.807, 2.05) is 25.7 Å². The average Bonchev–Trinajstić information content (AvgIpc) is 2.97. The van der Waals surface area contributed by atoms with E-state index in [9.17, 15) is 4.79 Å². The molecule has 0 bridgehead atoms. The molecule has 1 amide bonds. The molecule has 2 saturated heterocycles. The van der Waals surface area contributed by atoms with Crippen LogP contribution in [-0.2, 0) is 9.47 Å². The van der Waals surface area contributed by atoms with Crippen LogP contribution in [0.15, 0.2) is 24.3 Å². The Balaban J connectivity index is 1.51. The molecule has 3 aromatic rings. The lowest BCUT2D eigenvalue weighted by atomic mass is 10.0. The SMILES string of the molecule is COc1cccc(F)c1-c1c(Cl)cc2c(N3CCN(C(=O)OC(C)(C)C)CC3)nc(OCCN3CCOCC3)nc2c1F. The van der Waals surface area contributed by atoms with Crippen LogP contribution in [0.25, 0.3) is 22.0 Å². The highest BCUT2D eigenvalue weighted by Crippen LogP contribution is 2.43. The van der Waals surface area contributed by atoms with Crippen LogP contribution in [0.4, 0.5) is 19.4 Å². The first-order chi connectivity index (χ1) is 20.6. The van der Waals surface area contributed by atoms with E-state index >= 15 is 8.78 Å². The molecule has 0 spiro atoms. The van der Waals surface area contributed by atoms with Crippen molar-refractivity contribution >= 4 is 34.4 Å². The van der Waals surface area contributed by atoms with Gasteiger partial charge < -0.3 is 28.7 Å². The smallest absolute Gasteiger partial charge is 0.410 e. The molecule has 0 atom stereocenters. The number of fused-ring (bicyclic) bond motifs is 1. The van der Waals surface area contributed by atoms with Gasteiger partial charge >= 0.3 is 12.1 Å². The van der Waals surface area contributed by atoms with Crippen molar-refractivity contribution in [3.63, 3.8) is 0 Å². The molecule has 10 nitrogen and oxygen atoms in total. The van der Waals surface area contributed by atoms with Crippen LogP contribution in [-0.4, -0.2) is 104 Å². The summed E-state index contributed by atoms with van der Waals surface area (Å²) in [6.45, 7) is 10.8. The molecule has 0 radical (unpaired) electrons. The quantitative estimate of drug-likeness (QED) is 0.362. The minimum Gasteiger partial charge on any atom is -0.496 e. The molecule has 0 N–H and O–H groups in total. The fourth-order valence-electron chi connectivity index (χ4n) is 5.13. The number of anilines is 1. The predicted molar refractivity (Wildman–Crippen MR) is 159 cm³/mol. The second-order valence-corrected chi connectivity index (χ2v) is 11.8. The van der Waals surface area contributed by atoms with Crippen molar-refractivity contribution in [2.75, 3.05) is 77.6 Å². The summed E-state index contributed by atoms with van der Waals surface area (Å²) in [5, 5.41) is 0.319. The van der Waals surface area contributed by atoms with Gasteiger partial charge in [0.1, 0.15) is 35.1 Å². The van der Waals surface area contributed by atoms with Crippen molar-refractivity contribution in [1.82, 2.24) is 19.8 Å². The fourth-order valence-corrected chi connectivity index (χ4v) is 5.42. The molecule has 43 heavy (non-hydrogen) atoms. The third-order valence-corrected chi connectivity index (χ3v) is 7.56. The number of carbonyl (C=O) groups excluding carboxylic acids is 1. The molecule has 5 rings (SSSR count). The van der Waals surface area contributed by atoms with Gasteiger partial charge in [-0.2, -0.15) is 9.97 Å². The number of morpholine rings is 1. The van der Waals surface area contributed by atoms with Crippen molar-refractivity contribution < 1.29 is 32.5 Å². The number of ether oxygens (including phenoxy) is 4. The Morgan fingerprint density at radius 2 is 1.77 bits per heavy atom. The predicted octanol–water partition coefficient (Wildman–Crippen LogP) is 5.01. The highest BCUT2D eigenvalue weighted by Gasteiger charge is 2.30. The van der Waals surface area contributed by atoms with E-state index in [0.29, 0.717) is 57.1 Å². The summed E-state index contributed by atoms with van der Waals surface area (Å²) < 4.78 is 53.7. The van der Waals surface area contributed by atoms with E-state index in [2.05, 4.69) is 14.9 Å². The molecule has 0 aliphatic carbocycles. The number of aromatic nitrogens is 2. The lowest BCUT2D eigenvalue weighted by Crippen LogP contribution is -2.50. The Labute approximate surface area is 254 Å². The van der Waals surface area contributed by atoms with Crippen LogP contribution >= 0.6 is 11.6 Å². The number of carbonyl (C=O) groups is 1. The van der Waals surface area contributed by atoms with Crippen molar-refractivity contribution in [2.24, 2.45) is 0 Å². The fraction of sp³-hybridized carbons (Fsp3) is 0.500. The Bertz CT molecular complexity index is 1470. The minimum absolute atomic E-state index is 0.0157. The lowest BCUT2D eigenvalue weighted by Gasteiger charge is -2.36. The molecule has 2 fully saturated rings. The third kappa shape index (κ3) is 7.02. The first-order valence-corrected chi connectivity index (χ1v) is 14.6. The van der Waals surface area contributed by atoms with Crippen LogP contribution in [0.3, 0.4) is 0 Å². The molecule has 232 valence electrons. The molecule has 0 saturated carbocycles. The van der Waals surface area contributed by atoms with Gasteiger partial charge in [0, 0.05) is 56.8 Å². The highest BCUT2D eigenvalue weighted by molar-refractivity contribution is 6.34. The van der Waals surface area contributed by atoms with Crippen molar-refractivity contribution in [3.05, 3.63) is 40.9 Å². The molecule has 2 aliphatic heterocycles. The van der Waals surface area contributed by atoms with Gasteiger partial charge in [0.25, 0.3) is 0 Å². The Hall–Kier alpha value is -3.48. The van der Waals surface area contributed by atoms with Crippen molar-refractivity contribution in [2.45, 2.75) is 26.4 Å². The van der Waals surface area contributed by atoms with Crippen LogP contribution in [0.2, 0.25) is 5.02 Å². The Morgan fingerprint density at radius 1 is 1.05 bits per heavy atom. The Kier molecular flexibility index (Phi) is 9.38. The van der Waals surface area contributed by atoms with Gasteiger partial charge in [0.15, 0.2) is 5.82 Å².